The number of amides is 1. The molecule has 0 spiro atoms. The minimum Gasteiger partial charge on any atom is -0.337 e. The van der Waals surface area contributed by atoms with E-state index in [4.69, 9.17) is 34.8 Å². The van der Waals surface area contributed by atoms with E-state index < -0.39 is 0 Å². The lowest BCUT2D eigenvalue weighted by molar-refractivity contribution is 0.0751. The molecule has 5 nitrogen and oxygen atoms in total. The van der Waals surface area contributed by atoms with Crippen LogP contribution < -0.4 is 4.90 Å². The summed E-state index contributed by atoms with van der Waals surface area (Å²) in [6.07, 6.45) is 3.43. The average molecular weight is 428 g/mol. The predicted molar refractivity (Wildman–Crippen MR) is 107 cm³/mol. The first-order chi connectivity index (χ1) is 12.5. The minimum atomic E-state index is -0.0861. The Balaban J connectivity index is 1.55. The highest BCUT2D eigenvalue weighted by Crippen LogP contribution is 2.41. The van der Waals surface area contributed by atoms with Crippen LogP contribution in [-0.4, -0.2) is 47.0 Å². The van der Waals surface area contributed by atoms with Gasteiger partial charge in [-0.05, 0) is 18.2 Å². The molecule has 1 saturated heterocycles. The first-order valence-electron chi connectivity index (χ1n) is 7.93. The Kier molecular flexibility index (Phi) is 4.92. The zero-order valence-electron chi connectivity index (χ0n) is 13.5. The average Bonchev–Trinajstić information content (AvgIpc) is 2.98. The van der Waals surface area contributed by atoms with Crippen molar-refractivity contribution in [3.05, 3.63) is 50.5 Å². The molecule has 3 heterocycles. The molecular weight excluding hydrogens is 415 g/mol. The molecule has 2 aromatic heterocycles. The van der Waals surface area contributed by atoms with Gasteiger partial charge in [-0.2, -0.15) is 0 Å². The number of carbonyl (C=O) groups excluding carboxylic acids is 1. The van der Waals surface area contributed by atoms with Crippen molar-refractivity contribution in [2.45, 2.75) is 0 Å². The molecule has 0 atom stereocenters. The molecule has 0 radical (unpaired) electrons. The van der Waals surface area contributed by atoms with Crippen LogP contribution >= 0.6 is 46.1 Å². The number of benzene rings is 1. The Hall–Kier alpha value is -1.60. The fourth-order valence-corrected chi connectivity index (χ4v) is 5.30. The molecule has 26 heavy (non-hydrogen) atoms. The number of carbonyl (C=O) groups is 1. The zero-order chi connectivity index (χ0) is 18.3. The summed E-state index contributed by atoms with van der Waals surface area (Å²) in [4.78, 5) is 25.8. The minimum absolute atomic E-state index is 0.0861. The SMILES string of the molecule is O=C(c1sc2cc(Cl)cc(Cl)c2c1Cl)N1CCN(c2ncccn2)CC1. The van der Waals surface area contributed by atoms with Crippen molar-refractivity contribution in [1.29, 1.82) is 0 Å². The molecule has 1 aliphatic rings. The largest absolute Gasteiger partial charge is 0.337 e. The number of hydrogen-bond acceptors (Lipinski definition) is 5. The van der Waals surface area contributed by atoms with E-state index in [2.05, 4.69) is 14.9 Å². The number of anilines is 1. The second kappa shape index (κ2) is 7.19. The summed E-state index contributed by atoms with van der Waals surface area (Å²) in [5, 5.41) is 2.06. The Bertz CT molecular complexity index is 971. The van der Waals surface area contributed by atoms with E-state index in [1.54, 1.807) is 35.5 Å². The van der Waals surface area contributed by atoms with Gasteiger partial charge in [0.05, 0.1) is 10.0 Å². The van der Waals surface area contributed by atoms with Gasteiger partial charge in [0.15, 0.2) is 0 Å². The third-order valence-electron chi connectivity index (χ3n) is 4.25. The van der Waals surface area contributed by atoms with Gasteiger partial charge in [0.25, 0.3) is 5.91 Å². The summed E-state index contributed by atoms with van der Waals surface area (Å²) >= 11 is 20.1. The molecular formula is C17H13Cl3N4OS. The predicted octanol–water partition coefficient (Wildman–Crippen LogP) is 4.61. The van der Waals surface area contributed by atoms with Crippen molar-refractivity contribution < 1.29 is 4.79 Å². The molecule has 9 heteroatoms. The molecule has 1 aliphatic heterocycles. The number of aromatic nitrogens is 2. The van der Waals surface area contributed by atoms with Crippen molar-refractivity contribution in [2.24, 2.45) is 0 Å². The lowest BCUT2D eigenvalue weighted by Crippen LogP contribution is -2.49. The van der Waals surface area contributed by atoms with Crippen molar-refractivity contribution >= 4 is 68.1 Å². The van der Waals surface area contributed by atoms with E-state index in [0.29, 0.717) is 57.5 Å². The van der Waals surface area contributed by atoms with Crippen molar-refractivity contribution in [2.75, 3.05) is 31.1 Å². The van der Waals surface area contributed by atoms with E-state index in [9.17, 15) is 4.79 Å². The van der Waals surface area contributed by atoms with Crippen LogP contribution in [-0.2, 0) is 0 Å². The highest BCUT2D eigenvalue weighted by atomic mass is 35.5. The van der Waals surface area contributed by atoms with Crippen molar-refractivity contribution in [1.82, 2.24) is 14.9 Å². The molecule has 0 bridgehead atoms. The second-order valence-corrected chi connectivity index (χ2v) is 8.11. The van der Waals surface area contributed by atoms with Crippen LogP contribution in [0.5, 0.6) is 0 Å². The highest BCUT2D eigenvalue weighted by Gasteiger charge is 2.27. The first kappa shape index (κ1) is 17.8. The Labute approximate surface area is 169 Å². The van der Waals surface area contributed by atoms with Crippen LogP contribution in [0.1, 0.15) is 9.67 Å². The van der Waals surface area contributed by atoms with Crippen LogP contribution in [0.2, 0.25) is 15.1 Å². The maximum atomic E-state index is 13.0. The number of fused-ring (bicyclic) bond motifs is 1. The van der Waals surface area contributed by atoms with Crippen molar-refractivity contribution in [3.63, 3.8) is 0 Å². The molecule has 134 valence electrons. The fraction of sp³-hybridized carbons (Fsp3) is 0.235. The number of rotatable bonds is 2. The topological polar surface area (TPSA) is 49.3 Å². The van der Waals surface area contributed by atoms with Gasteiger partial charge in [-0.1, -0.05) is 34.8 Å². The van der Waals surface area contributed by atoms with E-state index in [1.807, 2.05) is 0 Å². The molecule has 1 aromatic carbocycles. The zero-order valence-corrected chi connectivity index (χ0v) is 16.5. The number of nitrogens with zero attached hydrogens (tertiary/aromatic N) is 4. The molecule has 0 N–H and O–H groups in total. The number of piperazine rings is 1. The normalized spacial score (nSPS) is 14.9. The second-order valence-electron chi connectivity index (χ2n) is 5.83. The molecule has 0 unspecified atom stereocenters. The summed E-state index contributed by atoms with van der Waals surface area (Å²) in [5.41, 5.74) is 0. The molecule has 0 saturated carbocycles. The summed E-state index contributed by atoms with van der Waals surface area (Å²) in [6, 6.07) is 5.20. The smallest absolute Gasteiger partial charge is 0.265 e. The Morgan fingerprint density at radius 1 is 1.04 bits per heavy atom. The summed E-state index contributed by atoms with van der Waals surface area (Å²) in [6.45, 7) is 2.50. The molecule has 4 rings (SSSR count). The monoisotopic (exact) mass is 426 g/mol. The standard InChI is InChI=1S/C17H13Cl3N4OS/c18-10-8-11(19)13-12(9-10)26-15(14(13)20)16(25)23-4-6-24(7-5-23)17-21-2-1-3-22-17/h1-3,8-9H,4-7H2. The fourth-order valence-electron chi connectivity index (χ4n) is 2.96. The van der Waals surface area contributed by atoms with Gasteiger partial charge in [0, 0.05) is 53.7 Å². The van der Waals surface area contributed by atoms with Gasteiger partial charge < -0.3 is 9.80 Å². The van der Waals surface area contributed by atoms with Crippen molar-refractivity contribution in [3.8, 4) is 0 Å². The number of thiophene rings is 1. The maximum absolute atomic E-state index is 13.0. The first-order valence-corrected chi connectivity index (χ1v) is 9.88. The van der Waals surface area contributed by atoms with E-state index in [0.717, 1.165) is 4.70 Å². The lowest BCUT2D eigenvalue weighted by atomic mass is 10.2. The maximum Gasteiger partial charge on any atom is 0.265 e. The lowest BCUT2D eigenvalue weighted by Gasteiger charge is -2.34. The number of halogens is 3. The quantitative estimate of drug-likeness (QED) is 0.599. The van der Waals surface area contributed by atoms with Gasteiger partial charge >= 0.3 is 0 Å². The van der Waals surface area contributed by atoms with Crippen LogP contribution in [0.4, 0.5) is 5.95 Å². The summed E-state index contributed by atoms with van der Waals surface area (Å²) < 4.78 is 0.812. The molecule has 1 amide bonds. The van der Waals surface area contributed by atoms with Gasteiger partial charge in [-0.25, -0.2) is 9.97 Å². The summed E-state index contributed by atoms with van der Waals surface area (Å²) in [5.74, 6) is 0.595. The molecule has 0 aliphatic carbocycles. The van der Waals surface area contributed by atoms with Crippen LogP contribution in [0, 0.1) is 0 Å². The highest BCUT2D eigenvalue weighted by molar-refractivity contribution is 7.21. The van der Waals surface area contributed by atoms with E-state index >= 15 is 0 Å². The van der Waals surface area contributed by atoms with E-state index in [-0.39, 0.29) is 5.91 Å². The van der Waals surface area contributed by atoms with E-state index in [1.165, 1.54) is 11.3 Å². The van der Waals surface area contributed by atoms with Gasteiger partial charge in [-0.3, -0.25) is 4.79 Å². The van der Waals surface area contributed by atoms with Crippen LogP contribution in [0.3, 0.4) is 0 Å². The van der Waals surface area contributed by atoms with Gasteiger partial charge in [-0.15, -0.1) is 11.3 Å². The van der Waals surface area contributed by atoms with Crippen LogP contribution in [0.25, 0.3) is 10.1 Å². The number of hydrogen-bond donors (Lipinski definition) is 0. The Morgan fingerprint density at radius 2 is 1.73 bits per heavy atom. The Morgan fingerprint density at radius 3 is 2.42 bits per heavy atom. The molecule has 3 aromatic rings. The third kappa shape index (κ3) is 3.22. The molecule has 1 fully saturated rings. The third-order valence-corrected chi connectivity index (χ3v) is 6.38. The van der Waals surface area contributed by atoms with Crippen LogP contribution in [0.15, 0.2) is 30.6 Å². The summed E-state index contributed by atoms with van der Waals surface area (Å²) in [7, 11) is 0. The van der Waals surface area contributed by atoms with Gasteiger partial charge in [0.1, 0.15) is 4.88 Å². The van der Waals surface area contributed by atoms with Gasteiger partial charge in [0.2, 0.25) is 5.95 Å².